The van der Waals surface area contributed by atoms with Gasteiger partial charge in [0.15, 0.2) is 0 Å². The van der Waals surface area contributed by atoms with Crippen molar-refractivity contribution in [2.45, 2.75) is 38.8 Å². The van der Waals surface area contributed by atoms with E-state index in [4.69, 9.17) is 0 Å². The first kappa shape index (κ1) is 13.6. The van der Waals surface area contributed by atoms with Crippen LogP contribution >= 0.6 is 0 Å². The van der Waals surface area contributed by atoms with E-state index < -0.39 is 0 Å². The molecule has 1 fully saturated rings. The van der Waals surface area contributed by atoms with Gasteiger partial charge in [-0.25, -0.2) is 0 Å². The molecule has 1 aliphatic carbocycles. The van der Waals surface area contributed by atoms with E-state index in [0.717, 1.165) is 31.5 Å². The number of hydrogen-bond donors (Lipinski definition) is 1. The standard InChI is InChI=1S/C16H26N2/c1-13(16-8-9-16)18(3)12-15-6-4-14(5-7-15)10-11-17-2/h4-7,13,16-17H,8-12H2,1-3H3. The molecule has 1 aromatic rings. The van der Waals surface area contributed by atoms with E-state index in [-0.39, 0.29) is 0 Å². The molecule has 1 N–H and O–H groups in total. The minimum atomic E-state index is 0.731. The highest BCUT2D eigenvalue weighted by molar-refractivity contribution is 5.22. The van der Waals surface area contributed by atoms with Crippen LogP contribution in [0.2, 0.25) is 0 Å². The van der Waals surface area contributed by atoms with E-state index in [1.165, 1.54) is 24.0 Å². The smallest absolute Gasteiger partial charge is 0.0233 e. The second kappa shape index (κ2) is 6.35. The molecule has 0 radical (unpaired) electrons. The Morgan fingerprint density at radius 1 is 1.22 bits per heavy atom. The molecule has 0 saturated heterocycles. The summed E-state index contributed by atoms with van der Waals surface area (Å²) in [6.45, 7) is 4.49. The Morgan fingerprint density at radius 2 is 1.83 bits per heavy atom. The Bertz CT molecular complexity index is 354. The molecule has 2 heteroatoms. The summed E-state index contributed by atoms with van der Waals surface area (Å²) in [5, 5.41) is 3.19. The van der Waals surface area contributed by atoms with Crippen molar-refractivity contribution in [3.05, 3.63) is 35.4 Å². The van der Waals surface area contributed by atoms with Gasteiger partial charge in [-0.2, -0.15) is 0 Å². The van der Waals surface area contributed by atoms with E-state index in [1.807, 2.05) is 7.05 Å². The van der Waals surface area contributed by atoms with Gasteiger partial charge in [0.1, 0.15) is 0 Å². The van der Waals surface area contributed by atoms with Crippen LogP contribution in [0.15, 0.2) is 24.3 Å². The molecule has 2 nitrogen and oxygen atoms in total. The summed E-state index contributed by atoms with van der Waals surface area (Å²) in [6.07, 6.45) is 3.97. The van der Waals surface area contributed by atoms with Crippen LogP contribution in [-0.2, 0) is 13.0 Å². The van der Waals surface area contributed by atoms with Crippen LogP contribution in [0.25, 0.3) is 0 Å². The summed E-state index contributed by atoms with van der Waals surface area (Å²) < 4.78 is 0. The largest absolute Gasteiger partial charge is 0.319 e. The van der Waals surface area contributed by atoms with Gasteiger partial charge in [0.25, 0.3) is 0 Å². The maximum atomic E-state index is 3.19. The topological polar surface area (TPSA) is 15.3 Å². The highest BCUT2D eigenvalue weighted by Crippen LogP contribution is 2.35. The van der Waals surface area contributed by atoms with Crippen molar-refractivity contribution in [1.82, 2.24) is 10.2 Å². The van der Waals surface area contributed by atoms with E-state index in [0.29, 0.717) is 0 Å². The third-order valence-electron chi connectivity index (χ3n) is 4.12. The third kappa shape index (κ3) is 3.82. The lowest BCUT2D eigenvalue weighted by atomic mass is 10.1. The molecule has 0 aromatic heterocycles. The average Bonchev–Trinajstić information content (AvgIpc) is 3.21. The lowest BCUT2D eigenvalue weighted by Gasteiger charge is -2.24. The fraction of sp³-hybridized carbons (Fsp3) is 0.625. The van der Waals surface area contributed by atoms with Crippen LogP contribution in [0.4, 0.5) is 0 Å². The summed E-state index contributed by atoms with van der Waals surface area (Å²) in [5.41, 5.74) is 2.85. The number of likely N-dealkylation sites (N-methyl/N-ethyl adjacent to an activating group) is 1. The summed E-state index contributed by atoms with van der Waals surface area (Å²) >= 11 is 0. The fourth-order valence-electron chi connectivity index (χ4n) is 2.45. The molecule has 0 bridgehead atoms. The molecule has 0 spiro atoms. The van der Waals surface area contributed by atoms with Gasteiger partial charge in [-0.1, -0.05) is 24.3 Å². The summed E-state index contributed by atoms with van der Waals surface area (Å²) in [4.78, 5) is 2.49. The van der Waals surface area contributed by atoms with Crippen molar-refractivity contribution in [2.24, 2.45) is 5.92 Å². The van der Waals surface area contributed by atoms with E-state index in [2.05, 4.69) is 48.5 Å². The predicted octanol–water partition coefficient (Wildman–Crippen LogP) is 2.68. The van der Waals surface area contributed by atoms with Gasteiger partial charge in [-0.15, -0.1) is 0 Å². The molecule has 1 unspecified atom stereocenters. The zero-order valence-corrected chi connectivity index (χ0v) is 11.9. The van der Waals surface area contributed by atoms with Crippen molar-refractivity contribution in [3.63, 3.8) is 0 Å². The molecular formula is C16H26N2. The number of nitrogens with one attached hydrogen (secondary N) is 1. The quantitative estimate of drug-likeness (QED) is 0.796. The van der Waals surface area contributed by atoms with Gasteiger partial charge in [-0.3, -0.25) is 4.90 Å². The number of hydrogen-bond acceptors (Lipinski definition) is 2. The Kier molecular flexibility index (Phi) is 4.79. The molecule has 100 valence electrons. The van der Waals surface area contributed by atoms with Crippen LogP contribution < -0.4 is 5.32 Å². The maximum absolute atomic E-state index is 3.19. The van der Waals surface area contributed by atoms with Gasteiger partial charge < -0.3 is 5.32 Å². The van der Waals surface area contributed by atoms with Gasteiger partial charge in [-0.05, 0) is 63.9 Å². The molecule has 2 rings (SSSR count). The van der Waals surface area contributed by atoms with Crippen LogP contribution in [0.5, 0.6) is 0 Å². The Balaban J connectivity index is 1.85. The first-order valence-corrected chi connectivity index (χ1v) is 7.13. The van der Waals surface area contributed by atoms with Crippen LogP contribution in [0.1, 0.15) is 30.9 Å². The third-order valence-corrected chi connectivity index (χ3v) is 4.12. The molecule has 1 aromatic carbocycles. The van der Waals surface area contributed by atoms with Gasteiger partial charge in [0.2, 0.25) is 0 Å². The second-order valence-electron chi connectivity index (χ2n) is 5.66. The van der Waals surface area contributed by atoms with E-state index in [9.17, 15) is 0 Å². The molecule has 1 aliphatic rings. The Morgan fingerprint density at radius 3 is 2.39 bits per heavy atom. The number of benzene rings is 1. The van der Waals surface area contributed by atoms with E-state index >= 15 is 0 Å². The molecule has 18 heavy (non-hydrogen) atoms. The van der Waals surface area contributed by atoms with Gasteiger partial charge >= 0.3 is 0 Å². The first-order chi connectivity index (χ1) is 8.70. The summed E-state index contributed by atoms with van der Waals surface area (Å²) in [6, 6.07) is 9.82. The van der Waals surface area contributed by atoms with Crippen molar-refractivity contribution in [2.75, 3.05) is 20.6 Å². The molecular weight excluding hydrogens is 220 g/mol. The SMILES string of the molecule is CNCCc1ccc(CN(C)C(C)C2CC2)cc1. The monoisotopic (exact) mass is 246 g/mol. The van der Waals surface area contributed by atoms with Crippen LogP contribution in [0, 0.1) is 5.92 Å². The highest BCUT2D eigenvalue weighted by atomic mass is 15.1. The van der Waals surface area contributed by atoms with Crippen molar-refractivity contribution in [1.29, 1.82) is 0 Å². The molecule has 1 saturated carbocycles. The second-order valence-corrected chi connectivity index (χ2v) is 5.66. The first-order valence-electron chi connectivity index (χ1n) is 7.13. The summed E-state index contributed by atoms with van der Waals surface area (Å²) in [7, 11) is 4.25. The van der Waals surface area contributed by atoms with Gasteiger partial charge in [0, 0.05) is 12.6 Å². The lowest BCUT2D eigenvalue weighted by Crippen LogP contribution is -2.30. The highest BCUT2D eigenvalue weighted by Gasteiger charge is 2.30. The summed E-state index contributed by atoms with van der Waals surface area (Å²) in [5.74, 6) is 0.949. The maximum Gasteiger partial charge on any atom is 0.0233 e. The van der Waals surface area contributed by atoms with Crippen LogP contribution in [0.3, 0.4) is 0 Å². The Hall–Kier alpha value is -0.860. The normalized spacial score (nSPS) is 17.1. The minimum Gasteiger partial charge on any atom is -0.319 e. The van der Waals surface area contributed by atoms with Crippen molar-refractivity contribution in [3.8, 4) is 0 Å². The van der Waals surface area contributed by atoms with Crippen LogP contribution in [-0.4, -0.2) is 31.6 Å². The zero-order chi connectivity index (χ0) is 13.0. The van der Waals surface area contributed by atoms with Crippen molar-refractivity contribution < 1.29 is 0 Å². The Labute approximate surface area is 111 Å². The average molecular weight is 246 g/mol. The number of nitrogens with zero attached hydrogens (tertiary/aromatic N) is 1. The van der Waals surface area contributed by atoms with E-state index in [1.54, 1.807) is 0 Å². The predicted molar refractivity (Wildman–Crippen MR) is 77.7 cm³/mol. The molecule has 0 amide bonds. The molecule has 0 aliphatic heterocycles. The fourth-order valence-corrected chi connectivity index (χ4v) is 2.45. The van der Waals surface area contributed by atoms with Gasteiger partial charge in [0.05, 0.1) is 0 Å². The number of rotatable bonds is 7. The molecule has 1 atom stereocenters. The zero-order valence-electron chi connectivity index (χ0n) is 11.9. The minimum absolute atomic E-state index is 0.731. The van der Waals surface area contributed by atoms with Crippen molar-refractivity contribution >= 4 is 0 Å². The molecule has 0 heterocycles. The lowest BCUT2D eigenvalue weighted by molar-refractivity contribution is 0.226.